The fourth-order valence-corrected chi connectivity index (χ4v) is 3.64. The first kappa shape index (κ1) is 13.6. The lowest BCUT2D eigenvalue weighted by Gasteiger charge is -2.02. The topological polar surface area (TPSA) is 93.4 Å². The highest BCUT2D eigenvalue weighted by Gasteiger charge is 2.19. The Balaban J connectivity index is 1.42. The van der Waals surface area contributed by atoms with Crippen LogP contribution in [0.4, 0.5) is 0 Å². The smallest absolute Gasteiger partial charge is 0.232 e. The minimum atomic E-state index is 0.558. The average Bonchev–Trinajstić information content (AvgIpc) is 3.28. The number of rotatable bonds is 5. The van der Waals surface area contributed by atoms with Crippen LogP contribution < -0.4 is 0 Å². The molecule has 0 aromatic carbocycles. The molecule has 4 rings (SSSR count). The summed E-state index contributed by atoms with van der Waals surface area (Å²) in [7, 11) is 0. The van der Waals surface area contributed by atoms with Crippen molar-refractivity contribution in [3.05, 3.63) is 29.1 Å². The van der Waals surface area contributed by atoms with E-state index < -0.39 is 0 Å². The summed E-state index contributed by atoms with van der Waals surface area (Å²) in [5.74, 6) is 2.86. The van der Waals surface area contributed by atoms with Crippen molar-refractivity contribution in [1.82, 2.24) is 30.3 Å². The van der Waals surface area contributed by atoms with Gasteiger partial charge in [-0.1, -0.05) is 30.8 Å². The molecule has 0 aliphatic heterocycles. The van der Waals surface area contributed by atoms with Crippen molar-refractivity contribution in [2.75, 3.05) is 0 Å². The molecule has 3 aromatic heterocycles. The van der Waals surface area contributed by atoms with Gasteiger partial charge < -0.3 is 4.52 Å². The average molecular weight is 316 g/mol. The summed E-state index contributed by atoms with van der Waals surface area (Å²) in [4.78, 5) is 13.1. The lowest BCUT2D eigenvalue weighted by molar-refractivity contribution is 0.374. The number of aromatic nitrogens is 6. The summed E-state index contributed by atoms with van der Waals surface area (Å²) in [5, 5.41) is 13.5. The molecule has 0 amide bonds. The maximum Gasteiger partial charge on any atom is 0.232 e. The van der Waals surface area contributed by atoms with Crippen LogP contribution in [0.2, 0.25) is 0 Å². The Hall–Kier alpha value is -2.09. The van der Waals surface area contributed by atoms with E-state index in [2.05, 4.69) is 30.3 Å². The number of aromatic amines is 1. The minimum Gasteiger partial charge on any atom is -0.339 e. The Labute approximate surface area is 131 Å². The van der Waals surface area contributed by atoms with Crippen molar-refractivity contribution >= 4 is 11.3 Å². The first-order valence-electron chi connectivity index (χ1n) is 7.48. The second-order valence-corrected chi connectivity index (χ2v) is 6.47. The lowest BCUT2D eigenvalue weighted by atomic mass is 10.0. The number of thiazole rings is 1. The van der Waals surface area contributed by atoms with Gasteiger partial charge in [0.15, 0.2) is 16.7 Å². The molecule has 3 heterocycles. The third-order valence-electron chi connectivity index (χ3n) is 3.96. The number of H-pyrrole nitrogens is 1. The van der Waals surface area contributed by atoms with E-state index in [1.54, 1.807) is 0 Å². The van der Waals surface area contributed by atoms with Gasteiger partial charge in [0.2, 0.25) is 5.89 Å². The molecule has 1 N–H and O–H groups in total. The number of hydrogen-bond acceptors (Lipinski definition) is 7. The van der Waals surface area contributed by atoms with E-state index in [9.17, 15) is 0 Å². The van der Waals surface area contributed by atoms with E-state index in [-0.39, 0.29) is 0 Å². The highest BCUT2D eigenvalue weighted by atomic mass is 32.1. The molecule has 0 radical (unpaired) electrons. The molecule has 1 aliphatic rings. The fraction of sp³-hybridized carbons (Fsp3) is 0.500. The number of nitrogens with zero attached hydrogens (tertiary/aromatic N) is 5. The molecule has 0 bridgehead atoms. The van der Waals surface area contributed by atoms with Gasteiger partial charge in [0.25, 0.3) is 0 Å². The molecular formula is C14H16N6OS. The molecule has 0 unspecified atom stereocenters. The standard InChI is InChI=1S/C14H16N6OS/c1-2-4-9(3-1)5-11-18-12(21-20-11)6-10-7-22-14(17-10)13-15-8-16-19-13/h7-9H,1-6H2,(H,15,16,19). The normalized spacial score (nSPS) is 15.6. The maximum absolute atomic E-state index is 5.35. The van der Waals surface area contributed by atoms with Crippen LogP contribution >= 0.6 is 11.3 Å². The van der Waals surface area contributed by atoms with Gasteiger partial charge >= 0.3 is 0 Å². The SMILES string of the molecule is c1n[nH]c(-c2nc(Cc3nc(CC4CCCC4)no3)cs2)n1. The lowest BCUT2D eigenvalue weighted by Crippen LogP contribution is -2.00. The van der Waals surface area contributed by atoms with Gasteiger partial charge in [-0.05, 0) is 5.92 Å². The molecule has 1 fully saturated rings. The van der Waals surface area contributed by atoms with Gasteiger partial charge in [0, 0.05) is 11.8 Å². The van der Waals surface area contributed by atoms with Crippen molar-refractivity contribution in [2.24, 2.45) is 5.92 Å². The van der Waals surface area contributed by atoms with Gasteiger partial charge in [-0.15, -0.1) is 11.3 Å². The predicted molar refractivity (Wildman–Crippen MR) is 80.3 cm³/mol. The van der Waals surface area contributed by atoms with Crippen LogP contribution in [-0.4, -0.2) is 30.3 Å². The zero-order valence-corrected chi connectivity index (χ0v) is 12.8. The molecule has 0 saturated heterocycles. The monoisotopic (exact) mass is 316 g/mol. The first-order valence-corrected chi connectivity index (χ1v) is 8.36. The number of hydrogen-bond donors (Lipinski definition) is 1. The highest BCUT2D eigenvalue weighted by molar-refractivity contribution is 7.13. The maximum atomic E-state index is 5.35. The van der Waals surface area contributed by atoms with Gasteiger partial charge in [-0.25, -0.2) is 9.97 Å². The Morgan fingerprint density at radius 3 is 3.00 bits per heavy atom. The summed E-state index contributed by atoms with van der Waals surface area (Å²) in [6, 6.07) is 0. The van der Waals surface area contributed by atoms with E-state index in [0.29, 0.717) is 18.1 Å². The fourth-order valence-electron chi connectivity index (χ4n) is 2.88. The van der Waals surface area contributed by atoms with Crippen LogP contribution in [0, 0.1) is 5.92 Å². The van der Waals surface area contributed by atoms with Crippen LogP contribution in [0.15, 0.2) is 16.2 Å². The zero-order chi connectivity index (χ0) is 14.8. The molecule has 1 saturated carbocycles. The summed E-state index contributed by atoms with van der Waals surface area (Å²) in [6.07, 6.45) is 8.21. The second-order valence-electron chi connectivity index (χ2n) is 5.61. The van der Waals surface area contributed by atoms with Crippen LogP contribution in [0.5, 0.6) is 0 Å². The highest BCUT2D eigenvalue weighted by Crippen LogP contribution is 2.27. The Morgan fingerprint density at radius 1 is 1.27 bits per heavy atom. The van der Waals surface area contributed by atoms with E-state index in [1.165, 1.54) is 43.3 Å². The van der Waals surface area contributed by atoms with E-state index in [0.717, 1.165) is 28.9 Å². The third kappa shape index (κ3) is 2.92. The van der Waals surface area contributed by atoms with Gasteiger partial charge in [0.05, 0.1) is 12.1 Å². The molecule has 7 nitrogen and oxygen atoms in total. The molecule has 0 atom stereocenters. The van der Waals surface area contributed by atoms with Gasteiger partial charge in [-0.2, -0.15) is 10.1 Å². The first-order chi connectivity index (χ1) is 10.9. The van der Waals surface area contributed by atoms with E-state index >= 15 is 0 Å². The van der Waals surface area contributed by atoms with Crippen LogP contribution in [0.25, 0.3) is 10.8 Å². The quantitative estimate of drug-likeness (QED) is 0.777. The molecule has 22 heavy (non-hydrogen) atoms. The summed E-state index contributed by atoms with van der Waals surface area (Å²) in [5.41, 5.74) is 0.910. The van der Waals surface area contributed by atoms with Crippen molar-refractivity contribution in [3.63, 3.8) is 0 Å². The van der Waals surface area contributed by atoms with Crippen molar-refractivity contribution in [1.29, 1.82) is 0 Å². The Morgan fingerprint density at radius 2 is 2.18 bits per heavy atom. The van der Waals surface area contributed by atoms with Crippen LogP contribution in [0.3, 0.4) is 0 Å². The van der Waals surface area contributed by atoms with Crippen LogP contribution in [-0.2, 0) is 12.8 Å². The third-order valence-corrected chi connectivity index (χ3v) is 4.86. The van der Waals surface area contributed by atoms with E-state index in [4.69, 9.17) is 4.52 Å². The van der Waals surface area contributed by atoms with Gasteiger partial charge in [0.1, 0.15) is 6.33 Å². The zero-order valence-electron chi connectivity index (χ0n) is 12.0. The molecule has 3 aromatic rings. The molecule has 114 valence electrons. The summed E-state index contributed by atoms with van der Waals surface area (Å²) in [6.45, 7) is 0. The van der Waals surface area contributed by atoms with Crippen molar-refractivity contribution in [3.8, 4) is 10.8 Å². The second kappa shape index (κ2) is 5.96. The van der Waals surface area contributed by atoms with E-state index in [1.807, 2.05) is 5.38 Å². The Kier molecular flexibility index (Phi) is 3.67. The predicted octanol–water partition coefficient (Wildman–Crippen LogP) is 2.63. The number of nitrogens with one attached hydrogen (secondary N) is 1. The molecule has 0 spiro atoms. The summed E-state index contributed by atoms with van der Waals surface area (Å²) >= 11 is 1.52. The van der Waals surface area contributed by atoms with Crippen molar-refractivity contribution < 1.29 is 4.52 Å². The van der Waals surface area contributed by atoms with Gasteiger partial charge in [-0.3, -0.25) is 5.10 Å². The Bertz CT molecular complexity index is 728. The summed E-state index contributed by atoms with van der Waals surface area (Å²) < 4.78 is 5.35. The molecule has 1 aliphatic carbocycles. The largest absolute Gasteiger partial charge is 0.339 e. The molecular weight excluding hydrogens is 300 g/mol. The van der Waals surface area contributed by atoms with Crippen molar-refractivity contribution in [2.45, 2.75) is 38.5 Å². The van der Waals surface area contributed by atoms with Crippen LogP contribution in [0.1, 0.15) is 43.1 Å². The molecule has 8 heteroatoms. The minimum absolute atomic E-state index is 0.558.